The maximum atomic E-state index is 12.9. The van der Waals surface area contributed by atoms with Crippen molar-refractivity contribution >= 4 is 11.8 Å². The number of piperazine rings is 1. The summed E-state index contributed by atoms with van der Waals surface area (Å²) in [5.41, 5.74) is 2.38. The molecule has 172 valence electrons. The van der Waals surface area contributed by atoms with E-state index in [2.05, 4.69) is 50.2 Å². The van der Waals surface area contributed by atoms with Crippen molar-refractivity contribution < 1.29 is 9.59 Å². The van der Waals surface area contributed by atoms with Crippen LogP contribution in [0.15, 0.2) is 35.9 Å². The Morgan fingerprint density at radius 1 is 1.16 bits per heavy atom. The van der Waals surface area contributed by atoms with Crippen molar-refractivity contribution in [1.29, 1.82) is 5.26 Å². The molecule has 1 aromatic carbocycles. The lowest BCUT2D eigenvalue weighted by molar-refractivity contribution is -0.133. The molecule has 0 radical (unpaired) electrons. The second-order valence-corrected chi connectivity index (χ2v) is 9.70. The van der Waals surface area contributed by atoms with Crippen molar-refractivity contribution in [3.63, 3.8) is 0 Å². The van der Waals surface area contributed by atoms with Crippen LogP contribution in [0.2, 0.25) is 0 Å². The summed E-state index contributed by atoms with van der Waals surface area (Å²) in [6.45, 7) is 10.7. The third-order valence-corrected chi connectivity index (χ3v) is 7.14. The normalized spacial score (nSPS) is 24.1. The number of amides is 2. The average molecular weight is 437 g/mol. The van der Waals surface area contributed by atoms with Crippen molar-refractivity contribution in [2.24, 2.45) is 23.7 Å². The molecule has 6 nitrogen and oxygen atoms in total. The quantitative estimate of drug-likeness (QED) is 0.694. The van der Waals surface area contributed by atoms with Gasteiger partial charge in [-0.3, -0.25) is 9.59 Å². The highest BCUT2D eigenvalue weighted by molar-refractivity contribution is 5.94. The molecule has 1 aliphatic carbocycles. The van der Waals surface area contributed by atoms with Gasteiger partial charge in [-0.1, -0.05) is 25.5 Å². The maximum absolute atomic E-state index is 12.9. The third kappa shape index (κ3) is 5.98. The predicted molar refractivity (Wildman–Crippen MR) is 126 cm³/mol. The zero-order chi connectivity index (χ0) is 23.3. The standard InChI is InChI=1S/C26H36N4O2/c1-18(2)24-14-22(15-25(31)30-11-9-29(4)10-12-30)19(3)13-23(24)17-28-26(32)21-7-5-20(16-27)6-8-21/h5-8,13,18,22-24H,9-12,14-15,17H2,1-4H3,(H,28,32)/t22-,23-,24-/m0/s1. The Balaban J connectivity index is 1.61. The number of nitrogens with one attached hydrogen (secondary N) is 1. The van der Waals surface area contributed by atoms with E-state index in [0.29, 0.717) is 35.9 Å². The topological polar surface area (TPSA) is 76.4 Å². The second-order valence-electron chi connectivity index (χ2n) is 9.70. The zero-order valence-corrected chi connectivity index (χ0v) is 19.8. The number of carbonyl (C=O) groups excluding carboxylic acids is 2. The summed E-state index contributed by atoms with van der Waals surface area (Å²) in [5.74, 6) is 1.58. The van der Waals surface area contributed by atoms with E-state index in [9.17, 15) is 9.59 Å². The van der Waals surface area contributed by atoms with Gasteiger partial charge in [0.25, 0.3) is 5.91 Å². The van der Waals surface area contributed by atoms with Crippen LogP contribution in [-0.4, -0.2) is 61.4 Å². The van der Waals surface area contributed by atoms with Gasteiger partial charge in [-0.2, -0.15) is 5.26 Å². The molecule has 0 spiro atoms. The fourth-order valence-corrected chi connectivity index (χ4v) is 4.91. The van der Waals surface area contributed by atoms with Crippen molar-refractivity contribution in [3.8, 4) is 6.07 Å². The van der Waals surface area contributed by atoms with Gasteiger partial charge in [0.2, 0.25) is 5.91 Å². The Hall–Kier alpha value is -2.65. The Labute approximate surface area is 192 Å². The molecule has 1 fully saturated rings. The maximum Gasteiger partial charge on any atom is 0.251 e. The zero-order valence-electron chi connectivity index (χ0n) is 19.8. The van der Waals surface area contributed by atoms with Crippen molar-refractivity contribution in [2.45, 2.75) is 33.6 Å². The molecule has 1 heterocycles. The first-order valence-electron chi connectivity index (χ1n) is 11.7. The molecule has 2 aliphatic rings. The number of hydrogen-bond donors (Lipinski definition) is 1. The molecule has 3 atom stereocenters. The van der Waals surface area contributed by atoms with Crippen LogP contribution in [-0.2, 0) is 4.79 Å². The summed E-state index contributed by atoms with van der Waals surface area (Å²) in [4.78, 5) is 29.8. The number of hydrogen-bond acceptors (Lipinski definition) is 4. The Morgan fingerprint density at radius 3 is 2.41 bits per heavy atom. The fourth-order valence-electron chi connectivity index (χ4n) is 4.91. The van der Waals surface area contributed by atoms with Gasteiger partial charge in [-0.15, -0.1) is 0 Å². The minimum Gasteiger partial charge on any atom is -0.351 e. The summed E-state index contributed by atoms with van der Waals surface area (Å²) >= 11 is 0. The minimum atomic E-state index is -0.115. The van der Waals surface area contributed by atoms with E-state index >= 15 is 0 Å². The Kier molecular flexibility index (Phi) is 8.09. The second kappa shape index (κ2) is 10.8. The van der Waals surface area contributed by atoms with Crippen LogP contribution in [0.25, 0.3) is 0 Å². The number of allylic oxidation sites excluding steroid dienone is 1. The summed E-state index contributed by atoms with van der Waals surface area (Å²) in [6, 6.07) is 8.78. The SMILES string of the molecule is CC1=C[C@@H](CNC(=O)c2ccc(C#N)cc2)[C@H](C(C)C)C[C@H]1CC(=O)N1CCN(C)CC1. The molecule has 0 saturated carbocycles. The third-order valence-electron chi connectivity index (χ3n) is 7.14. The van der Waals surface area contributed by atoms with Gasteiger partial charge in [0.05, 0.1) is 11.6 Å². The molecule has 0 bridgehead atoms. The van der Waals surface area contributed by atoms with Crippen LogP contribution in [0, 0.1) is 35.0 Å². The highest BCUT2D eigenvalue weighted by atomic mass is 16.2. The van der Waals surface area contributed by atoms with Gasteiger partial charge in [0, 0.05) is 44.7 Å². The monoisotopic (exact) mass is 436 g/mol. The van der Waals surface area contributed by atoms with E-state index in [1.54, 1.807) is 24.3 Å². The van der Waals surface area contributed by atoms with E-state index in [-0.39, 0.29) is 23.7 Å². The molecule has 32 heavy (non-hydrogen) atoms. The summed E-state index contributed by atoms with van der Waals surface area (Å²) in [6.07, 6.45) is 3.85. The van der Waals surface area contributed by atoms with Crippen molar-refractivity contribution in [2.75, 3.05) is 39.8 Å². The van der Waals surface area contributed by atoms with E-state index in [1.165, 1.54) is 5.57 Å². The fraction of sp³-hybridized carbons (Fsp3) is 0.577. The van der Waals surface area contributed by atoms with Crippen LogP contribution in [0.4, 0.5) is 0 Å². The number of likely N-dealkylation sites (N-methyl/N-ethyl adjacent to an activating group) is 1. The van der Waals surface area contributed by atoms with Crippen LogP contribution in [0.3, 0.4) is 0 Å². The first kappa shape index (κ1) is 24.0. The highest BCUT2D eigenvalue weighted by Crippen LogP contribution is 2.39. The van der Waals surface area contributed by atoms with Crippen LogP contribution >= 0.6 is 0 Å². The first-order chi connectivity index (χ1) is 15.3. The number of carbonyl (C=O) groups is 2. The van der Waals surface area contributed by atoms with Crippen LogP contribution < -0.4 is 5.32 Å². The molecule has 1 N–H and O–H groups in total. The van der Waals surface area contributed by atoms with E-state index in [0.717, 1.165) is 32.6 Å². The first-order valence-corrected chi connectivity index (χ1v) is 11.7. The minimum absolute atomic E-state index is 0.115. The molecule has 1 aliphatic heterocycles. The van der Waals surface area contributed by atoms with Gasteiger partial charge in [-0.25, -0.2) is 0 Å². The molecule has 0 aromatic heterocycles. The van der Waals surface area contributed by atoms with E-state index < -0.39 is 0 Å². The highest BCUT2D eigenvalue weighted by Gasteiger charge is 2.33. The molecular formula is C26H36N4O2. The Bertz CT molecular complexity index is 876. The number of nitrogens with zero attached hydrogens (tertiary/aromatic N) is 3. The van der Waals surface area contributed by atoms with Crippen LogP contribution in [0.5, 0.6) is 0 Å². The summed E-state index contributed by atoms with van der Waals surface area (Å²) in [7, 11) is 2.10. The summed E-state index contributed by atoms with van der Waals surface area (Å²) < 4.78 is 0. The lowest BCUT2D eigenvalue weighted by Crippen LogP contribution is -2.47. The molecule has 1 aromatic rings. The molecule has 0 unspecified atom stereocenters. The van der Waals surface area contributed by atoms with Gasteiger partial charge >= 0.3 is 0 Å². The largest absolute Gasteiger partial charge is 0.351 e. The molecule has 6 heteroatoms. The van der Waals surface area contributed by atoms with Gasteiger partial charge < -0.3 is 15.1 Å². The smallest absolute Gasteiger partial charge is 0.251 e. The van der Waals surface area contributed by atoms with Gasteiger partial charge in [0.1, 0.15) is 0 Å². The van der Waals surface area contributed by atoms with Crippen LogP contribution in [0.1, 0.15) is 49.5 Å². The summed E-state index contributed by atoms with van der Waals surface area (Å²) in [5, 5.41) is 12.0. The Morgan fingerprint density at radius 2 is 1.81 bits per heavy atom. The molecule has 3 rings (SSSR count). The number of rotatable bonds is 6. The van der Waals surface area contributed by atoms with E-state index in [4.69, 9.17) is 5.26 Å². The van der Waals surface area contributed by atoms with Gasteiger partial charge in [0.15, 0.2) is 0 Å². The lowest BCUT2D eigenvalue weighted by Gasteiger charge is -2.38. The lowest BCUT2D eigenvalue weighted by atomic mass is 9.69. The number of nitriles is 1. The van der Waals surface area contributed by atoms with Crippen molar-refractivity contribution in [1.82, 2.24) is 15.1 Å². The molecular weight excluding hydrogens is 400 g/mol. The predicted octanol–water partition coefficient (Wildman–Crippen LogP) is 3.31. The molecule has 1 saturated heterocycles. The average Bonchev–Trinajstić information content (AvgIpc) is 2.79. The number of benzene rings is 1. The molecule has 2 amide bonds. The van der Waals surface area contributed by atoms with Crippen molar-refractivity contribution in [3.05, 3.63) is 47.0 Å². The van der Waals surface area contributed by atoms with E-state index in [1.807, 2.05) is 4.90 Å². The van der Waals surface area contributed by atoms with Gasteiger partial charge in [-0.05, 0) is 68.3 Å².